The van der Waals surface area contributed by atoms with E-state index in [1.54, 1.807) is 0 Å². The number of hydrogen-bond donors (Lipinski definition) is 1. The van der Waals surface area contributed by atoms with Crippen LogP contribution >= 0.6 is 0 Å². The van der Waals surface area contributed by atoms with Crippen molar-refractivity contribution in [3.8, 4) is 5.75 Å². The van der Waals surface area contributed by atoms with Gasteiger partial charge in [-0.3, -0.25) is 4.90 Å². The second-order valence-corrected chi connectivity index (χ2v) is 6.83. The number of rotatable bonds is 1. The summed E-state index contributed by atoms with van der Waals surface area (Å²) in [7, 11) is 0. The van der Waals surface area contributed by atoms with E-state index in [0.29, 0.717) is 18.7 Å². The number of aliphatic hydroxyl groups is 1. The van der Waals surface area contributed by atoms with Crippen molar-refractivity contribution in [2.75, 3.05) is 6.61 Å². The average Bonchev–Trinajstić information content (AvgIpc) is 2.45. The third kappa shape index (κ3) is 2.47. The van der Waals surface area contributed by atoms with Gasteiger partial charge in [-0.2, -0.15) is 0 Å². The van der Waals surface area contributed by atoms with E-state index in [4.69, 9.17) is 4.74 Å². The average molecular weight is 289 g/mol. The molecule has 0 amide bonds. The highest BCUT2D eigenvalue weighted by Crippen LogP contribution is 2.40. The number of likely N-dealkylation sites (tertiary alicyclic amines) is 1. The number of ether oxygens (including phenoxy) is 1. The highest BCUT2D eigenvalue weighted by atomic mass is 16.5. The van der Waals surface area contributed by atoms with Crippen LogP contribution in [0.15, 0.2) is 12.1 Å². The van der Waals surface area contributed by atoms with Gasteiger partial charge in [0, 0.05) is 17.6 Å². The Morgan fingerprint density at radius 2 is 1.81 bits per heavy atom. The molecule has 1 N–H and O–H groups in total. The Balaban J connectivity index is 1.92. The maximum absolute atomic E-state index is 10.9. The lowest BCUT2D eigenvalue weighted by Gasteiger charge is -2.47. The van der Waals surface area contributed by atoms with Crippen molar-refractivity contribution in [3.63, 3.8) is 0 Å². The molecule has 116 valence electrons. The Labute approximate surface area is 127 Å². The van der Waals surface area contributed by atoms with Crippen LogP contribution in [0.2, 0.25) is 0 Å². The largest absolute Gasteiger partial charge is 0.491 e. The molecule has 0 radical (unpaired) electrons. The zero-order valence-corrected chi connectivity index (χ0v) is 13.6. The van der Waals surface area contributed by atoms with Crippen molar-refractivity contribution in [3.05, 3.63) is 28.8 Å². The quantitative estimate of drug-likeness (QED) is 0.860. The molecule has 0 saturated carbocycles. The zero-order chi connectivity index (χ0) is 15.1. The fourth-order valence-electron chi connectivity index (χ4n) is 4.05. The van der Waals surface area contributed by atoms with Crippen molar-refractivity contribution in [2.45, 2.75) is 71.2 Å². The van der Waals surface area contributed by atoms with Crippen molar-refractivity contribution < 1.29 is 9.84 Å². The van der Waals surface area contributed by atoms with E-state index in [1.165, 1.54) is 24.8 Å². The Hall–Kier alpha value is -1.06. The molecular weight excluding hydrogens is 262 g/mol. The van der Waals surface area contributed by atoms with Gasteiger partial charge in [0.05, 0.1) is 6.04 Å². The van der Waals surface area contributed by atoms with Crippen LogP contribution in [0.5, 0.6) is 5.75 Å². The van der Waals surface area contributed by atoms with Crippen molar-refractivity contribution >= 4 is 0 Å². The number of hydrogen-bond acceptors (Lipinski definition) is 3. The van der Waals surface area contributed by atoms with Gasteiger partial charge in [0.2, 0.25) is 0 Å². The van der Waals surface area contributed by atoms with Crippen LogP contribution in [-0.2, 0) is 0 Å². The fourth-order valence-corrected chi connectivity index (χ4v) is 4.05. The van der Waals surface area contributed by atoms with Gasteiger partial charge in [0.1, 0.15) is 18.5 Å². The summed E-state index contributed by atoms with van der Waals surface area (Å²) in [6, 6.07) is 5.24. The molecule has 2 aliphatic heterocycles. The first-order valence-electron chi connectivity index (χ1n) is 8.19. The first-order chi connectivity index (χ1) is 10.0. The number of benzene rings is 1. The molecule has 4 atom stereocenters. The molecule has 0 aliphatic carbocycles. The minimum Gasteiger partial charge on any atom is -0.491 e. The van der Waals surface area contributed by atoms with Gasteiger partial charge in [0.25, 0.3) is 0 Å². The summed E-state index contributed by atoms with van der Waals surface area (Å²) in [6.07, 6.45) is 3.27. The molecule has 3 rings (SSSR count). The lowest BCUT2D eigenvalue weighted by Crippen LogP contribution is -2.55. The van der Waals surface area contributed by atoms with Crippen molar-refractivity contribution in [1.82, 2.24) is 4.90 Å². The summed E-state index contributed by atoms with van der Waals surface area (Å²) in [5.74, 6) is 0.899. The van der Waals surface area contributed by atoms with Gasteiger partial charge in [-0.15, -0.1) is 0 Å². The molecule has 1 fully saturated rings. The van der Waals surface area contributed by atoms with Crippen LogP contribution < -0.4 is 4.74 Å². The predicted molar refractivity (Wildman–Crippen MR) is 84.8 cm³/mol. The summed E-state index contributed by atoms with van der Waals surface area (Å²) in [5, 5.41) is 10.9. The molecular formula is C18H27NO2. The first-order valence-corrected chi connectivity index (χ1v) is 8.19. The second-order valence-electron chi connectivity index (χ2n) is 6.83. The predicted octanol–water partition coefficient (Wildman–Crippen LogP) is 3.36. The van der Waals surface area contributed by atoms with Gasteiger partial charge in [-0.1, -0.05) is 18.6 Å². The number of piperidine rings is 1. The Morgan fingerprint density at radius 3 is 2.48 bits per heavy atom. The third-order valence-electron chi connectivity index (χ3n) is 5.43. The number of nitrogens with zero attached hydrogens (tertiary/aromatic N) is 1. The van der Waals surface area contributed by atoms with Crippen LogP contribution in [-0.4, -0.2) is 34.7 Å². The molecule has 4 unspecified atom stereocenters. The number of aliphatic hydroxyl groups excluding tert-OH is 1. The SMILES string of the molecule is Cc1ccc2c(c1C)OCC(N1C(C)CCCC1C)C2O. The summed E-state index contributed by atoms with van der Waals surface area (Å²) in [5.41, 5.74) is 3.34. The molecule has 21 heavy (non-hydrogen) atoms. The van der Waals surface area contributed by atoms with Crippen LogP contribution in [0.25, 0.3) is 0 Å². The Bertz CT molecular complexity index is 518. The van der Waals surface area contributed by atoms with E-state index in [2.05, 4.69) is 38.7 Å². The zero-order valence-electron chi connectivity index (χ0n) is 13.6. The van der Waals surface area contributed by atoms with Crippen LogP contribution in [0, 0.1) is 13.8 Å². The molecule has 3 nitrogen and oxygen atoms in total. The molecule has 1 aromatic rings. The Morgan fingerprint density at radius 1 is 1.14 bits per heavy atom. The fraction of sp³-hybridized carbons (Fsp3) is 0.667. The van der Waals surface area contributed by atoms with Crippen molar-refractivity contribution in [1.29, 1.82) is 0 Å². The number of aryl methyl sites for hydroxylation is 1. The molecule has 3 heteroatoms. The van der Waals surface area contributed by atoms with Gasteiger partial charge >= 0.3 is 0 Å². The normalized spacial score (nSPS) is 33.4. The van der Waals surface area contributed by atoms with E-state index >= 15 is 0 Å². The standard InChI is InChI=1S/C18H27NO2/c1-11-8-9-15-17(20)16(10-21-18(15)14(11)4)19-12(2)6-5-7-13(19)3/h8-9,12-13,16-17,20H,5-7,10H2,1-4H3. The summed E-state index contributed by atoms with van der Waals surface area (Å²) < 4.78 is 6.07. The summed E-state index contributed by atoms with van der Waals surface area (Å²) in [6.45, 7) is 9.31. The lowest BCUT2D eigenvalue weighted by molar-refractivity contribution is -0.0472. The van der Waals surface area contributed by atoms with E-state index in [9.17, 15) is 5.11 Å². The maximum atomic E-state index is 10.9. The number of fused-ring (bicyclic) bond motifs is 1. The molecule has 1 saturated heterocycles. The van der Waals surface area contributed by atoms with E-state index in [-0.39, 0.29) is 6.04 Å². The molecule has 0 spiro atoms. The smallest absolute Gasteiger partial charge is 0.128 e. The lowest BCUT2D eigenvalue weighted by atomic mass is 9.89. The van der Waals surface area contributed by atoms with Gasteiger partial charge in [-0.25, -0.2) is 0 Å². The monoisotopic (exact) mass is 289 g/mol. The van der Waals surface area contributed by atoms with Gasteiger partial charge in [-0.05, 0) is 51.7 Å². The summed E-state index contributed by atoms with van der Waals surface area (Å²) in [4.78, 5) is 2.48. The molecule has 2 heterocycles. The van der Waals surface area contributed by atoms with E-state index in [1.807, 2.05) is 6.07 Å². The van der Waals surface area contributed by atoms with Crippen LogP contribution in [0.4, 0.5) is 0 Å². The molecule has 0 aromatic heterocycles. The molecule has 2 aliphatic rings. The van der Waals surface area contributed by atoms with E-state index in [0.717, 1.165) is 16.9 Å². The van der Waals surface area contributed by atoms with Crippen LogP contribution in [0.3, 0.4) is 0 Å². The highest BCUT2D eigenvalue weighted by Gasteiger charge is 2.39. The second kappa shape index (κ2) is 5.62. The first kappa shape index (κ1) is 14.9. The topological polar surface area (TPSA) is 32.7 Å². The highest BCUT2D eigenvalue weighted by molar-refractivity contribution is 5.48. The maximum Gasteiger partial charge on any atom is 0.128 e. The Kier molecular flexibility index (Phi) is 3.98. The van der Waals surface area contributed by atoms with Gasteiger partial charge < -0.3 is 9.84 Å². The van der Waals surface area contributed by atoms with E-state index < -0.39 is 6.10 Å². The van der Waals surface area contributed by atoms with Gasteiger partial charge in [0.15, 0.2) is 0 Å². The van der Waals surface area contributed by atoms with Crippen molar-refractivity contribution in [2.24, 2.45) is 0 Å². The molecule has 0 bridgehead atoms. The van der Waals surface area contributed by atoms with Crippen LogP contribution in [0.1, 0.15) is 55.9 Å². The summed E-state index contributed by atoms with van der Waals surface area (Å²) >= 11 is 0. The molecule has 1 aromatic carbocycles. The third-order valence-corrected chi connectivity index (χ3v) is 5.43. The minimum absolute atomic E-state index is 0.0740. The minimum atomic E-state index is -0.448.